The maximum atomic E-state index is 12.3. The smallest absolute Gasteiger partial charge is 0.332 e. The number of anilines is 1. The van der Waals surface area contributed by atoms with Crippen LogP contribution in [0.2, 0.25) is 0 Å². The first-order chi connectivity index (χ1) is 11.3. The highest BCUT2D eigenvalue weighted by Gasteiger charge is 2.21. The van der Waals surface area contributed by atoms with Crippen molar-refractivity contribution in [2.24, 2.45) is 19.8 Å². The number of ether oxygens (including phenoxy) is 1. The fraction of sp³-hybridized carbons (Fsp3) is 0.200. The van der Waals surface area contributed by atoms with Crippen molar-refractivity contribution in [3.8, 4) is 5.75 Å². The van der Waals surface area contributed by atoms with Crippen LogP contribution in [0.1, 0.15) is 20.7 Å². The lowest BCUT2D eigenvalue weighted by Gasteiger charge is -2.12. The van der Waals surface area contributed by atoms with Gasteiger partial charge in [-0.15, -0.1) is 0 Å². The van der Waals surface area contributed by atoms with Crippen molar-refractivity contribution >= 4 is 17.5 Å². The summed E-state index contributed by atoms with van der Waals surface area (Å²) in [5.41, 5.74) is 9.22. The Morgan fingerprint density at radius 3 is 2.38 bits per heavy atom. The van der Waals surface area contributed by atoms with Crippen molar-refractivity contribution in [2.75, 3.05) is 12.3 Å². The van der Waals surface area contributed by atoms with Crippen molar-refractivity contribution in [3.63, 3.8) is 0 Å². The number of hydrogen-bond acceptors (Lipinski definition) is 6. The SMILES string of the molecule is Cn1c(N)c(C(=O)COc2ccccc2C(N)=O)c(=O)n(C)c1=O. The lowest BCUT2D eigenvalue weighted by molar-refractivity contribution is 0.0910. The molecule has 9 nitrogen and oxygen atoms in total. The Morgan fingerprint density at radius 1 is 1.12 bits per heavy atom. The summed E-state index contributed by atoms with van der Waals surface area (Å²) in [6.45, 7) is -0.540. The predicted octanol–water partition coefficient (Wildman–Crippen LogP) is -0.973. The number of Topliss-reactive ketones (excluding diaryl/α,β-unsaturated/α-hetero) is 1. The van der Waals surface area contributed by atoms with Gasteiger partial charge in [0.1, 0.15) is 17.1 Å². The van der Waals surface area contributed by atoms with E-state index in [9.17, 15) is 19.2 Å². The number of amides is 1. The van der Waals surface area contributed by atoms with E-state index in [4.69, 9.17) is 16.2 Å². The molecule has 0 aliphatic rings. The van der Waals surface area contributed by atoms with E-state index in [1.54, 1.807) is 12.1 Å². The zero-order valence-electron chi connectivity index (χ0n) is 13.1. The minimum Gasteiger partial charge on any atom is -0.485 e. The molecule has 126 valence electrons. The second-order valence-corrected chi connectivity index (χ2v) is 5.04. The molecular weight excluding hydrogens is 316 g/mol. The van der Waals surface area contributed by atoms with Gasteiger partial charge in [-0.1, -0.05) is 12.1 Å². The first-order valence-corrected chi connectivity index (χ1v) is 6.86. The highest BCUT2D eigenvalue weighted by atomic mass is 16.5. The standard InChI is InChI=1S/C15H16N4O5/c1-18-12(16)11(14(22)19(2)15(18)23)9(20)7-24-10-6-4-3-5-8(10)13(17)21/h3-6H,7,16H2,1-2H3,(H2,17,21). The Morgan fingerprint density at radius 2 is 1.75 bits per heavy atom. The van der Waals surface area contributed by atoms with Crippen LogP contribution >= 0.6 is 0 Å². The Kier molecular flexibility index (Phi) is 4.54. The number of carbonyl (C=O) groups is 2. The maximum Gasteiger partial charge on any atom is 0.332 e. The van der Waals surface area contributed by atoms with Crippen LogP contribution in [0.3, 0.4) is 0 Å². The molecule has 2 aromatic rings. The summed E-state index contributed by atoms with van der Waals surface area (Å²) in [7, 11) is 2.58. The van der Waals surface area contributed by atoms with Crippen LogP contribution in [0.15, 0.2) is 33.9 Å². The third kappa shape index (κ3) is 2.91. The van der Waals surface area contributed by atoms with Crippen LogP contribution in [0.5, 0.6) is 5.75 Å². The van der Waals surface area contributed by atoms with E-state index < -0.39 is 29.5 Å². The minimum atomic E-state index is -0.813. The number of ketones is 1. The number of hydrogen-bond donors (Lipinski definition) is 2. The highest BCUT2D eigenvalue weighted by Crippen LogP contribution is 2.17. The number of carbonyl (C=O) groups excluding carboxylic acids is 2. The molecule has 1 aromatic carbocycles. The number of nitrogens with zero attached hydrogens (tertiary/aromatic N) is 2. The number of aromatic nitrogens is 2. The average molecular weight is 332 g/mol. The Labute approximate surface area is 136 Å². The second-order valence-electron chi connectivity index (χ2n) is 5.04. The molecular formula is C15H16N4O5. The van der Waals surface area contributed by atoms with Gasteiger partial charge in [0, 0.05) is 14.1 Å². The van der Waals surface area contributed by atoms with E-state index in [-0.39, 0.29) is 22.7 Å². The van der Waals surface area contributed by atoms with Gasteiger partial charge in [-0.2, -0.15) is 0 Å². The van der Waals surface area contributed by atoms with E-state index in [0.717, 1.165) is 9.13 Å². The van der Waals surface area contributed by atoms with Crippen LogP contribution in [0.4, 0.5) is 5.82 Å². The van der Waals surface area contributed by atoms with Crippen LogP contribution in [-0.4, -0.2) is 27.4 Å². The monoisotopic (exact) mass is 332 g/mol. The molecule has 0 unspecified atom stereocenters. The van der Waals surface area contributed by atoms with Crippen LogP contribution in [-0.2, 0) is 14.1 Å². The number of rotatable bonds is 5. The molecule has 0 aliphatic carbocycles. The zero-order chi connectivity index (χ0) is 18.0. The summed E-state index contributed by atoms with van der Waals surface area (Å²) in [5.74, 6) is -1.57. The highest BCUT2D eigenvalue weighted by molar-refractivity contribution is 6.01. The van der Waals surface area contributed by atoms with Crippen molar-refractivity contribution in [3.05, 3.63) is 56.2 Å². The summed E-state index contributed by atoms with van der Waals surface area (Å²) in [6, 6.07) is 6.11. The fourth-order valence-corrected chi connectivity index (χ4v) is 2.13. The first kappa shape index (κ1) is 17.0. The van der Waals surface area contributed by atoms with Crippen molar-refractivity contribution in [2.45, 2.75) is 0 Å². The molecule has 24 heavy (non-hydrogen) atoms. The van der Waals surface area contributed by atoms with Gasteiger partial charge in [0.05, 0.1) is 5.56 Å². The molecule has 1 amide bonds. The molecule has 9 heteroatoms. The maximum absolute atomic E-state index is 12.3. The van der Waals surface area contributed by atoms with E-state index in [2.05, 4.69) is 0 Å². The molecule has 0 aliphatic heterocycles. The molecule has 0 saturated carbocycles. The first-order valence-electron chi connectivity index (χ1n) is 6.86. The molecule has 1 aromatic heterocycles. The lowest BCUT2D eigenvalue weighted by atomic mass is 10.2. The molecule has 4 N–H and O–H groups in total. The summed E-state index contributed by atoms with van der Waals surface area (Å²) in [5, 5.41) is 0. The van der Waals surface area contributed by atoms with Crippen molar-refractivity contribution in [1.29, 1.82) is 0 Å². The topological polar surface area (TPSA) is 139 Å². The summed E-state index contributed by atoms with van der Waals surface area (Å²) in [4.78, 5) is 47.5. The number of para-hydroxylation sites is 1. The molecule has 0 atom stereocenters. The third-order valence-electron chi connectivity index (χ3n) is 3.50. The van der Waals surface area contributed by atoms with E-state index in [1.807, 2.05) is 0 Å². The number of primary amides is 1. The van der Waals surface area contributed by atoms with Gasteiger partial charge in [0.25, 0.3) is 11.5 Å². The van der Waals surface area contributed by atoms with Gasteiger partial charge < -0.3 is 16.2 Å². The van der Waals surface area contributed by atoms with Crippen LogP contribution in [0.25, 0.3) is 0 Å². The van der Waals surface area contributed by atoms with E-state index in [1.165, 1.54) is 26.2 Å². The molecule has 0 saturated heterocycles. The zero-order valence-corrected chi connectivity index (χ0v) is 13.1. The van der Waals surface area contributed by atoms with Crippen LogP contribution in [0, 0.1) is 0 Å². The Bertz CT molecular complexity index is 942. The third-order valence-corrected chi connectivity index (χ3v) is 3.50. The molecule has 0 fully saturated rings. The minimum absolute atomic E-state index is 0.103. The number of nitrogens with two attached hydrogens (primary N) is 2. The second kappa shape index (κ2) is 6.41. The van der Waals surface area contributed by atoms with Gasteiger partial charge in [-0.3, -0.25) is 23.5 Å². The van der Waals surface area contributed by atoms with Gasteiger partial charge >= 0.3 is 5.69 Å². The van der Waals surface area contributed by atoms with Crippen LogP contribution < -0.4 is 27.5 Å². The molecule has 2 rings (SSSR count). The normalized spacial score (nSPS) is 10.4. The molecule has 0 spiro atoms. The van der Waals surface area contributed by atoms with E-state index in [0.29, 0.717) is 0 Å². The Balaban J connectivity index is 2.35. The van der Waals surface area contributed by atoms with Crippen molar-refractivity contribution in [1.82, 2.24) is 9.13 Å². The van der Waals surface area contributed by atoms with Gasteiger partial charge in [0.15, 0.2) is 6.61 Å². The summed E-state index contributed by atoms with van der Waals surface area (Å²) >= 11 is 0. The average Bonchev–Trinajstić information content (AvgIpc) is 2.56. The Hall–Kier alpha value is -3.36. The molecule has 0 bridgehead atoms. The summed E-state index contributed by atoms with van der Waals surface area (Å²) in [6.07, 6.45) is 0. The fourth-order valence-electron chi connectivity index (χ4n) is 2.13. The number of nitrogen functional groups attached to an aromatic ring is 1. The van der Waals surface area contributed by atoms with E-state index >= 15 is 0 Å². The van der Waals surface area contributed by atoms with Gasteiger partial charge in [-0.05, 0) is 12.1 Å². The van der Waals surface area contributed by atoms with Crippen molar-refractivity contribution < 1.29 is 14.3 Å². The predicted molar refractivity (Wildman–Crippen MR) is 86.1 cm³/mol. The lowest BCUT2D eigenvalue weighted by Crippen LogP contribution is -2.42. The summed E-state index contributed by atoms with van der Waals surface area (Å²) < 4.78 is 7.06. The largest absolute Gasteiger partial charge is 0.485 e. The van der Waals surface area contributed by atoms with Gasteiger partial charge in [-0.25, -0.2) is 4.79 Å². The number of benzene rings is 1. The molecule has 0 radical (unpaired) electrons. The quantitative estimate of drug-likeness (QED) is 0.675. The molecule has 1 heterocycles. The van der Waals surface area contributed by atoms with Gasteiger partial charge in [0.2, 0.25) is 5.78 Å².